The zero-order chi connectivity index (χ0) is 18.1. The molecule has 0 radical (unpaired) electrons. The van der Waals surface area contributed by atoms with Gasteiger partial charge >= 0.3 is 0 Å². The summed E-state index contributed by atoms with van der Waals surface area (Å²) in [7, 11) is -17.6. The van der Waals surface area contributed by atoms with Gasteiger partial charge in [0.15, 0.2) is 0 Å². The van der Waals surface area contributed by atoms with Crippen molar-refractivity contribution in [2.75, 3.05) is 13.2 Å². The van der Waals surface area contributed by atoms with Crippen molar-refractivity contribution in [2.45, 2.75) is 19.4 Å². The van der Waals surface area contributed by atoms with Crippen LogP contribution in [-0.4, -0.2) is 29.5 Å². The first kappa shape index (κ1) is 21.4. The molecule has 0 amide bonds. The topological polar surface area (TPSA) is 212 Å². The Hall–Kier alpha value is 0.330. The lowest BCUT2D eigenvalue weighted by molar-refractivity contribution is -0.339. The first-order chi connectivity index (χ1) is 10.3. The predicted molar refractivity (Wildman–Crippen MR) is 64.8 cm³/mol. The van der Waals surface area contributed by atoms with Crippen LogP contribution >= 0.6 is 23.5 Å². The second-order valence-corrected chi connectivity index (χ2v) is 9.34. The quantitative estimate of drug-likeness (QED) is 0.405. The molecule has 0 aliphatic heterocycles. The van der Waals surface area contributed by atoms with E-state index in [1.807, 2.05) is 0 Å². The van der Waals surface area contributed by atoms with Crippen LogP contribution in [0, 0.1) is 17.8 Å². The summed E-state index contributed by atoms with van der Waals surface area (Å²) >= 11 is 0. The van der Waals surface area contributed by atoms with Crippen molar-refractivity contribution >= 4 is 23.5 Å². The van der Waals surface area contributed by atoms with Crippen molar-refractivity contribution in [3.05, 3.63) is 0 Å². The lowest BCUT2D eigenvalue weighted by Gasteiger charge is -2.37. The zero-order valence-electron chi connectivity index (χ0n) is 11.7. The van der Waals surface area contributed by atoms with E-state index in [0.29, 0.717) is 0 Å². The molecule has 0 saturated heterocycles. The standard InChI is InChI=1S/C8H19O12P3/c1-5-2-8(10)7(6(5)3-9)4-18-22(14,15)20-23(16,17)19-21(11,12)13/h5-10H,2-4H2,1H3,(H,14,15)(H,16,17)(H2,11,12,13)/p-4. The molecule has 1 saturated carbocycles. The van der Waals surface area contributed by atoms with Gasteiger partial charge in [-0.3, -0.25) is 13.4 Å². The molecule has 15 heteroatoms. The van der Waals surface area contributed by atoms with Gasteiger partial charge in [-0.15, -0.1) is 0 Å². The van der Waals surface area contributed by atoms with Crippen LogP contribution in [0.1, 0.15) is 13.3 Å². The van der Waals surface area contributed by atoms with Crippen molar-refractivity contribution in [1.82, 2.24) is 0 Å². The molecule has 6 atom stereocenters. The molecule has 0 aromatic rings. The van der Waals surface area contributed by atoms with Gasteiger partial charge in [0.25, 0.3) is 15.6 Å². The lowest BCUT2D eigenvalue weighted by atomic mass is 9.91. The molecular weight excluding hydrogens is 381 g/mol. The number of phosphoric ester groups is 1. The molecule has 1 rings (SSSR count). The highest BCUT2D eigenvalue weighted by Gasteiger charge is 2.40. The van der Waals surface area contributed by atoms with Crippen LogP contribution < -0.4 is 19.6 Å². The van der Waals surface area contributed by atoms with Crippen LogP contribution in [-0.2, 0) is 26.8 Å². The minimum absolute atomic E-state index is 0.128. The minimum Gasteiger partial charge on any atom is -0.790 e. The number of aliphatic hydroxyl groups excluding tert-OH is 2. The average Bonchev–Trinajstić information content (AvgIpc) is 2.55. The van der Waals surface area contributed by atoms with Crippen LogP contribution in [0.15, 0.2) is 0 Å². The zero-order valence-corrected chi connectivity index (χ0v) is 14.4. The highest BCUT2D eigenvalue weighted by atomic mass is 31.3. The van der Waals surface area contributed by atoms with Crippen LogP contribution in [0.25, 0.3) is 0 Å². The molecule has 1 aliphatic carbocycles. The third kappa shape index (κ3) is 6.99. The number of aliphatic hydroxyl groups is 2. The van der Waals surface area contributed by atoms with Gasteiger partial charge in [0.05, 0.1) is 20.5 Å². The molecule has 138 valence electrons. The molecule has 6 unspecified atom stereocenters. The smallest absolute Gasteiger partial charge is 0.278 e. The van der Waals surface area contributed by atoms with Gasteiger partial charge in [0.1, 0.15) is 0 Å². The molecule has 0 heterocycles. The van der Waals surface area contributed by atoms with E-state index in [1.165, 1.54) is 0 Å². The van der Waals surface area contributed by atoms with Crippen LogP contribution in [0.2, 0.25) is 0 Å². The second-order valence-electron chi connectivity index (χ2n) is 5.09. The Morgan fingerprint density at radius 1 is 1.04 bits per heavy atom. The summed E-state index contributed by atoms with van der Waals surface area (Å²) in [6, 6.07) is 0. The van der Waals surface area contributed by atoms with Gasteiger partial charge in [-0.05, 0) is 18.3 Å². The summed E-state index contributed by atoms with van der Waals surface area (Å²) < 4.78 is 43.2. The normalized spacial score (nSPS) is 34.0. The van der Waals surface area contributed by atoms with Gasteiger partial charge in [0.2, 0.25) is 0 Å². The van der Waals surface area contributed by atoms with Gasteiger partial charge in [-0.2, -0.15) is 0 Å². The summed E-state index contributed by atoms with van der Waals surface area (Å²) in [5.41, 5.74) is 0. The number of hydrogen-bond donors (Lipinski definition) is 2. The van der Waals surface area contributed by atoms with Crippen molar-refractivity contribution in [1.29, 1.82) is 0 Å². The molecule has 23 heavy (non-hydrogen) atoms. The fourth-order valence-corrected chi connectivity index (χ4v) is 5.34. The third-order valence-corrected chi connectivity index (χ3v) is 7.09. The molecule has 1 fully saturated rings. The Labute approximate surface area is 131 Å². The predicted octanol–water partition coefficient (Wildman–Crippen LogP) is -2.57. The summed E-state index contributed by atoms with van der Waals surface area (Å²) in [5.74, 6) is -1.42. The second kappa shape index (κ2) is 7.70. The summed E-state index contributed by atoms with van der Waals surface area (Å²) in [6.45, 7) is 0.663. The molecule has 0 bridgehead atoms. The van der Waals surface area contributed by atoms with Crippen LogP contribution in [0.5, 0.6) is 0 Å². The minimum atomic E-state index is -6.03. The SMILES string of the molecule is CC1CC(O)C(COP(=O)([O-])OP(=O)([O-])OP(=O)([O-])[O-])C1CO. The van der Waals surface area contributed by atoms with E-state index in [1.54, 1.807) is 6.92 Å². The maximum atomic E-state index is 11.4. The molecule has 0 aromatic heterocycles. The highest BCUT2D eigenvalue weighted by molar-refractivity contribution is 7.64. The number of hydrogen-bond acceptors (Lipinski definition) is 12. The van der Waals surface area contributed by atoms with E-state index in [4.69, 9.17) is 0 Å². The summed E-state index contributed by atoms with van der Waals surface area (Å²) in [6.07, 6.45) is -0.705. The molecule has 12 nitrogen and oxygen atoms in total. The van der Waals surface area contributed by atoms with Gasteiger partial charge < -0.3 is 38.9 Å². The Kier molecular flexibility index (Phi) is 7.15. The van der Waals surface area contributed by atoms with Crippen molar-refractivity contribution < 1.29 is 56.6 Å². The fourth-order valence-electron chi connectivity index (χ4n) is 2.45. The Bertz CT molecular complexity index is 544. The van der Waals surface area contributed by atoms with E-state index in [-0.39, 0.29) is 18.9 Å². The Morgan fingerprint density at radius 3 is 2.09 bits per heavy atom. The van der Waals surface area contributed by atoms with E-state index < -0.39 is 48.0 Å². The maximum absolute atomic E-state index is 11.4. The van der Waals surface area contributed by atoms with Gasteiger partial charge in [-0.1, -0.05) is 6.92 Å². The fraction of sp³-hybridized carbons (Fsp3) is 1.00. The van der Waals surface area contributed by atoms with Crippen LogP contribution in [0.4, 0.5) is 0 Å². The Morgan fingerprint density at radius 2 is 1.61 bits per heavy atom. The monoisotopic (exact) mass is 396 g/mol. The lowest BCUT2D eigenvalue weighted by Crippen LogP contribution is -2.28. The molecule has 1 aliphatic rings. The molecule has 0 spiro atoms. The van der Waals surface area contributed by atoms with Crippen LogP contribution in [0.3, 0.4) is 0 Å². The van der Waals surface area contributed by atoms with Crippen molar-refractivity contribution in [2.24, 2.45) is 17.8 Å². The van der Waals surface area contributed by atoms with E-state index >= 15 is 0 Å². The summed E-state index contributed by atoms with van der Waals surface area (Å²) in [5, 5.41) is 19.0. The number of phosphoric acid groups is 3. The number of rotatable bonds is 8. The van der Waals surface area contributed by atoms with E-state index in [9.17, 15) is 43.5 Å². The molecule has 0 aromatic carbocycles. The van der Waals surface area contributed by atoms with Gasteiger partial charge in [-0.25, -0.2) is 4.31 Å². The highest BCUT2D eigenvalue weighted by Crippen LogP contribution is 2.60. The average molecular weight is 396 g/mol. The van der Waals surface area contributed by atoms with Gasteiger partial charge in [0, 0.05) is 12.5 Å². The third-order valence-electron chi connectivity index (χ3n) is 3.42. The van der Waals surface area contributed by atoms with Crippen molar-refractivity contribution in [3.63, 3.8) is 0 Å². The summed E-state index contributed by atoms with van der Waals surface area (Å²) in [4.78, 5) is 42.7. The van der Waals surface area contributed by atoms with E-state index in [2.05, 4.69) is 13.1 Å². The Balaban J connectivity index is 2.67. The van der Waals surface area contributed by atoms with Crippen molar-refractivity contribution in [3.8, 4) is 0 Å². The largest absolute Gasteiger partial charge is 0.790 e. The maximum Gasteiger partial charge on any atom is 0.278 e. The van der Waals surface area contributed by atoms with E-state index in [0.717, 1.165) is 0 Å². The first-order valence-electron chi connectivity index (χ1n) is 6.26. The first-order valence-corrected chi connectivity index (χ1v) is 10.6. The molecular formula is C8H15O12P3-4. The molecule has 2 N–H and O–H groups in total.